The Morgan fingerprint density at radius 3 is 2.52 bits per heavy atom. The molecule has 2 N–H and O–H groups in total. The van der Waals surface area contributed by atoms with E-state index in [9.17, 15) is 4.79 Å². The molecule has 186 valence electrons. The Morgan fingerprint density at radius 1 is 1.15 bits per heavy atom. The Morgan fingerprint density at radius 2 is 1.88 bits per heavy atom. The van der Waals surface area contributed by atoms with Gasteiger partial charge in [0.25, 0.3) is 0 Å². The largest absolute Gasteiger partial charge is 0.493 e. The topological polar surface area (TPSA) is 78.1 Å². The third-order valence-corrected chi connectivity index (χ3v) is 6.05. The zero-order valence-corrected chi connectivity index (χ0v) is 21.5. The van der Waals surface area contributed by atoms with Gasteiger partial charge in [0.1, 0.15) is 5.60 Å². The van der Waals surface area contributed by atoms with Crippen molar-refractivity contribution in [2.45, 2.75) is 83.9 Å². The molecule has 0 spiro atoms. The van der Waals surface area contributed by atoms with Crippen molar-refractivity contribution in [3.8, 4) is 11.5 Å². The molecule has 1 fully saturated rings. The number of hydrogen-bond donors (Lipinski definition) is 2. The van der Waals surface area contributed by atoms with Gasteiger partial charge in [-0.05, 0) is 57.2 Å². The molecular formula is C25H40N2O5S. The molecule has 1 saturated carbocycles. The Hall–Kier alpha value is -2.06. The number of amides is 1. The van der Waals surface area contributed by atoms with Crippen LogP contribution in [0.15, 0.2) is 18.2 Å². The first-order valence-corrected chi connectivity index (χ1v) is 12.2. The van der Waals surface area contributed by atoms with E-state index in [1.807, 2.05) is 39.0 Å². The third-order valence-electron chi connectivity index (χ3n) is 5.62. The van der Waals surface area contributed by atoms with Crippen molar-refractivity contribution in [1.29, 1.82) is 0 Å². The normalized spacial score (nSPS) is 15.4. The number of carbonyl (C=O) groups is 1. The first-order chi connectivity index (χ1) is 15.7. The lowest BCUT2D eigenvalue weighted by Gasteiger charge is -2.27. The molecule has 0 aliphatic heterocycles. The highest BCUT2D eigenvalue weighted by Crippen LogP contribution is 2.29. The van der Waals surface area contributed by atoms with E-state index >= 15 is 0 Å². The van der Waals surface area contributed by atoms with Crippen LogP contribution in [0.3, 0.4) is 0 Å². The van der Waals surface area contributed by atoms with Crippen molar-refractivity contribution in [3.05, 3.63) is 23.8 Å². The quantitative estimate of drug-likeness (QED) is 0.327. The summed E-state index contributed by atoms with van der Waals surface area (Å²) >= 11 is 5.70. The molecule has 1 aliphatic rings. The lowest BCUT2D eigenvalue weighted by molar-refractivity contribution is 0.0490. The van der Waals surface area contributed by atoms with Gasteiger partial charge in [0.2, 0.25) is 0 Å². The average molecular weight is 481 g/mol. The number of carbonyl (C=O) groups excluding carboxylic acids is 1. The summed E-state index contributed by atoms with van der Waals surface area (Å²) in [6, 6.07) is 5.42. The first-order valence-electron chi connectivity index (χ1n) is 11.8. The number of ether oxygens (including phenoxy) is 4. The molecular weight excluding hydrogens is 440 g/mol. The molecule has 33 heavy (non-hydrogen) atoms. The summed E-state index contributed by atoms with van der Waals surface area (Å²) in [5.41, 5.74) is 0.418. The molecule has 0 bridgehead atoms. The summed E-state index contributed by atoms with van der Waals surface area (Å²) in [7, 11) is 3.17. The van der Waals surface area contributed by atoms with Gasteiger partial charge in [-0.1, -0.05) is 50.4 Å². The van der Waals surface area contributed by atoms with Gasteiger partial charge in [0.05, 0.1) is 18.1 Å². The van der Waals surface area contributed by atoms with Crippen molar-refractivity contribution in [3.63, 3.8) is 0 Å². The number of rotatable bonds is 11. The number of benzene rings is 1. The van der Waals surface area contributed by atoms with Crippen LogP contribution in [0.2, 0.25) is 0 Å². The second kappa shape index (κ2) is 13.6. The van der Waals surface area contributed by atoms with Crippen molar-refractivity contribution >= 4 is 23.3 Å². The fourth-order valence-electron chi connectivity index (χ4n) is 3.98. The van der Waals surface area contributed by atoms with Gasteiger partial charge >= 0.3 is 6.09 Å². The molecule has 7 nitrogen and oxygen atoms in total. The molecule has 1 unspecified atom stereocenters. The molecule has 0 aromatic heterocycles. The maximum absolute atomic E-state index is 12.5. The van der Waals surface area contributed by atoms with Crippen molar-refractivity contribution < 1.29 is 23.7 Å². The summed E-state index contributed by atoms with van der Waals surface area (Å²) in [5.74, 6) is 1.94. The van der Waals surface area contributed by atoms with Crippen molar-refractivity contribution in [2.75, 3.05) is 21.0 Å². The maximum Gasteiger partial charge on any atom is 0.408 e. The fraction of sp³-hybridized carbons (Fsp3) is 0.680. The third kappa shape index (κ3) is 10.2. The second-order valence-electron chi connectivity index (χ2n) is 9.53. The molecule has 0 radical (unpaired) electrons. The molecule has 1 aromatic carbocycles. The zero-order valence-electron chi connectivity index (χ0n) is 20.7. The van der Waals surface area contributed by atoms with Crippen molar-refractivity contribution in [1.82, 2.24) is 10.6 Å². The van der Waals surface area contributed by atoms with Crippen LogP contribution in [-0.4, -0.2) is 43.7 Å². The van der Waals surface area contributed by atoms with E-state index in [0.717, 1.165) is 18.4 Å². The Kier molecular flexibility index (Phi) is 11.2. The highest BCUT2D eigenvalue weighted by atomic mass is 32.1. The van der Waals surface area contributed by atoms with Crippen LogP contribution in [0.4, 0.5) is 4.79 Å². The van der Waals surface area contributed by atoms with E-state index in [1.165, 1.54) is 32.1 Å². The summed E-state index contributed by atoms with van der Waals surface area (Å²) in [5, 5.41) is 6.29. The van der Waals surface area contributed by atoms with Gasteiger partial charge in [-0.2, -0.15) is 0 Å². The molecule has 0 heterocycles. The fourth-order valence-corrected chi connectivity index (χ4v) is 4.22. The van der Waals surface area contributed by atoms with Gasteiger partial charge in [-0.25, -0.2) is 4.79 Å². The Labute approximate surface area is 203 Å². The lowest BCUT2D eigenvalue weighted by atomic mass is 9.85. The highest BCUT2D eigenvalue weighted by Gasteiger charge is 2.24. The summed E-state index contributed by atoms with van der Waals surface area (Å²) in [4.78, 5) is 13.1. The Bertz CT molecular complexity index is 760. The van der Waals surface area contributed by atoms with Crippen LogP contribution in [0.5, 0.6) is 11.5 Å². The summed E-state index contributed by atoms with van der Waals surface area (Å²) in [6.07, 6.45) is 7.82. The van der Waals surface area contributed by atoms with E-state index in [0.29, 0.717) is 29.0 Å². The lowest BCUT2D eigenvalue weighted by Crippen LogP contribution is -2.47. The molecule has 1 aromatic rings. The van der Waals surface area contributed by atoms with E-state index in [4.69, 9.17) is 31.2 Å². The average Bonchev–Trinajstić information content (AvgIpc) is 2.78. The number of nitrogens with one attached hydrogen (secondary N) is 2. The molecule has 1 atom stereocenters. The zero-order chi connectivity index (χ0) is 24.3. The van der Waals surface area contributed by atoms with Crippen molar-refractivity contribution in [2.24, 2.45) is 5.92 Å². The SMILES string of the molecule is COCOc1cc(CNC(=S)C(CCC2CCCCC2)NC(=O)OC(C)(C)C)ccc1OC. The summed E-state index contributed by atoms with van der Waals surface area (Å²) < 4.78 is 21.4. The second-order valence-corrected chi connectivity index (χ2v) is 9.97. The number of methoxy groups -OCH3 is 2. The first kappa shape index (κ1) is 27.2. The van der Waals surface area contributed by atoms with Gasteiger partial charge in [-0.3, -0.25) is 0 Å². The molecule has 8 heteroatoms. The van der Waals surface area contributed by atoms with Gasteiger partial charge < -0.3 is 29.6 Å². The minimum Gasteiger partial charge on any atom is -0.493 e. The Balaban J connectivity index is 2.00. The van der Waals surface area contributed by atoms with Gasteiger partial charge in [-0.15, -0.1) is 0 Å². The van der Waals surface area contributed by atoms with Crippen LogP contribution in [0.25, 0.3) is 0 Å². The molecule has 0 saturated heterocycles. The van der Waals surface area contributed by atoms with E-state index in [-0.39, 0.29) is 12.8 Å². The van der Waals surface area contributed by atoms with E-state index in [1.54, 1.807) is 14.2 Å². The van der Waals surface area contributed by atoms with Crippen LogP contribution >= 0.6 is 12.2 Å². The molecule has 1 amide bonds. The number of alkyl carbamates (subject to hydrolysis) is 1. The minimum absolute atomic E-state index is 0.134. The van der Waals surface area contributed by atoms with Crippen LogP contribution < -0.4 is 20.1 Å². The maximum atomic E-state index is 12.5. The summed E-state index contributed by atoms with van der Waals surface area (Å²) in [6.45, 7) is 6.20. The van der Waals surface area contributed by atoms with Crippen LogP contribution in [0, 0.1) is 5.92 Å². The van der Waals surface area contributed by atoms with Crippen LogP contribution in [0.1, 0.15) is 71.3 Å². The van der Waals surface area contributed by atoms with Gasteiger partial charge in [0.15, 0.2) is 18.3 Å². The number of hydrogen-bond acceptors (Lipinski definition) is 6. The van der Waals surface area contributed by atoms with E-state index in [2.05, 4.69) is 10.6 Å². The minimum atomic E-state index is -0.561. The number of thiocarbonyl (C=S) groups is 1. The van der Waals surface area contributed by atoms with Crippen LogP contribution in [-0.2, 0) is 16.0 Å². The van der Waals surface area contributed by atoms with Gasteiger partial charge in [0, 0.05) is 13.7 Å². The molecule has 2 rings (SSSR count). The molecule has 1 aliphatic carbocycles. The predicted molar refractivity (Wildman–Crippen MR) is 134 cm³/mol. The standard InChI is InChI=1S/C25H40N2O5S/c1-25(2,3)32-24(28)27-20(13-11-18-9-7-6-8-10-18)23(33)26-16-19-12-14-21(30-5)22(15-19)31-17-29-4/h12,14-15,18,20H,6-11,13,16-17H2,1-5H3,(H,26,33)(H,27,28). The van der Waals surface area contributed by atoms with E-state index < -0.39 is 11.7 Å². The smallest absolute Gasteiger partial charge is 0.408 e. The highest BCUT2D eigenvalue weighted by molar-refractivity contribution is 7.80. The predicted octanol–water partition coefficient (Wildman–Crippen LogP) is 5.35. The monoisotopic (exact) mass is 480 g/mol.